The first kappa shape index (κ1) is 16.5. The van der Waals surface area contributed by atoms with E-state index >= 15 is 0 Å². The Bertz CT molecular complexity index is 553. The highest BCUT2D eigenvalue weighted by Gasteiger charge is 2.27. The highest BCUT2D eigenvalue weighted by molar-refractivity contribution is 5.79. The van der Waals surface area contributed by atoms with E-state index in [1.165, 1.54) is 0 Å². The third-order valence-corrected chi connectivity index (χ3v) is 4.49. The minimum atomic E-state index is -0.785. The van der Waals surface area contributed by atoms with E-state index in [0.29, 0.717) is 12.8 Å². The lowest BCUT2D eigenvalue weighted by Crippen LogP contribution is -2.44. The molecule has 1 aromatic rings. The molecule has 1 aromatic carbocycles. The van der Waals surface area contributed by atoms with Crippen molar-refractivity contribution in [2.75, 3.05) is 6.54 Å². The number of carbonyl (C=O) groups excluding carboxylic acids is 1. The number of nitrogens with zero attached hydrogens (tertiary/aromatic N) is 1. The first-order valence-electron chi connectivity index (χ1n) is 8.05. The van der Waals surface area contributed by atoms with Crippen LogP contribution in [0, 0.1) is 13.8 Å². The monoisotopic (exact) mass is 303 g/mol. The van der Waals surface area contributed by atoms with Crippen LogP contribution in [0.4, 0.5) is 0 Å². The maximum atomic E-state index is 12.7. The topological polar surface area (TPSA) is 57.6 Å². The number of rotatable bonds is 5. The van der Waals surface area contributed by atoms with Crippen molar-refractivity contribution < 1.29 is 14.7 Å². The van der Waals surface area contributed by atoms with Gasteiger partial charge in [0.25, 0.3) is 0 Å². The molecule has 1 unspecified atom stereocenters. The van der Waals surface area contributed by atoms with Crippen molar-refractivity contribution in [1.82, 2.24) is 4.90 Å². The van der Waals surface area contributed by atoms with Gasteiger partial charge in [-0.25, -0.2) is 0 Å². The number of likely N-dealkylation sites (tertiary alicyclic amines) is 1. The van der Waals surface area contributed by atoms with Crippen LogP contribution in [0.3, 0.4) is 0 Å². The Morgan fingerprint density at radius 3 is 2.77 bits per heavy atom. The van der Waals surface area contributed by atoms with Crippen LogP contribution in [-0.2, 0) is 16.0 Å². The average molecular weight is 303 g/mol. The molecule has 0 spiro atoms. The van der Waals surface area contributed by atoms with Gasteiger partial charge >= 0.3 is 5.97 Å². The van der Waals surface area contributed by atoms with Gasteiger partial charge in [-0.3, -0.25) is 9.59 Å². The summed E-state index contributed by atoms with van der Waals surface area (Å²) < 4.78 is 0. The average Bonchev–Trinajstić information content (AvgIpc) is 2.49. The zero-order chi connectivity index (χ0) is 16.1. The predicted molar refractivity (Wildman–Crippen MR) is 85.8 cm³/mol. The first-order chi connectivity index (χ1) is 10.5. The van der Waals surface area contributed by atoms with Crippen molar-refractivity contribution in [3.63, 3.8) is 0 Å². The Morgan fingerprint density at radius 2 is 2.05 bits per heavy atom. The van der Waals surface area contributed by atoms with Gasteiger partial charge in [-0.15, -0.1) is 0 Å². The van der Waals surface area contributed by atoms with Crippen LogP contribution in [0.15, 0.2) is 18.2 Å². The molecule has 22 heavy (non-hydrogen) atoms. The van der Waals surface area contributed by atoms with Gasteiger partial charge in [0.15, 0.2) is 0 Å². The molecule has 1 heterocycles. The number of carboxylic acids is 1. The van der Waals surface area contributed by atoms with Gasteiger partial charge in [0, 0.05) is 19.0 Å². The third-order valence-electron chi connectivity index (χ3n) is 4.49. The molecular formula is C18H25NO3. The molecule has 0 radical (unpaired) electrons. The lowest BCUT2D eigenvalue weighted by Gasteiger charge is -2.36. The summed E-state index contributed by atoms with van der Waals surface area (Å²) in [6, 6.07) is 6.27. The molecule has 1 atom stereocenters. The van der Waals surface area contributed by atoms with E-state index in [2.05, 4.69) is 18.2 Å². The van der Waals surface area contributed by atoms with E-state index in [1.54, 1.807) is 0 Å². The number of carbonyl (C=O) groups is 2. The van der Waals surface area contributed by atoms with E-state index in [4.69, 9.17) is 5.11 Å². The Hall–Kier alpha value is -1.84. The van der Waals surface area contributed by atoms with E-state index in [9.17, 15) is 9.59 Å². The number of aryl methyl sites for hydroxylation is 2. The largest absolute Gasteiger partial charge is 0.481 e. The summed E-state index contributed by atoms with van der Waals surface area (Å²) in [6.07, 6.45) is 4.13. The number of amides is 1. The molecule has 2 rings (SSSR count). The Morgan fingerprint density at radius 1 is 1.27 bits per heavy atom. The van der Waals surface area contributed by atoms with Crippen molar-refractivity contribution in [2.24, 2.45) is 0 Å². The van der Waals surface area contributed by atoms with Crippen molar-refractivity contribution >= 4 is 11.9 Å². The molecular weight excluding hydrogens is 278 g/mol. The van der Waals surface area contributed by atoms with Crippen molar-refractivity contribution in [2.45, 2.75) is 58.4 Å². The second-order valence-electron chi connectivity index (χ2n) is 6.28. The molecule has 1 fully saturated rings. The summed E-state index contributed by atoms with van der Waals surface area (Å²) in [7, 11) is 0. The molecule has 0 aliphatic carbocycles. The fourth-order valence-electron chi connectivity index (χ4n) is 3.17. The highest BCUT2D eigenvalue weighted by atomic mass is 16.4. The molecule has 1 amide bonds. The van der Waals surface area contributed by atoms with E-state index < -0.39 is 5.97 Å². The number of benzene rings is 1. The molecule has 1 aliphatic rings. The van der Waals surface area contributed by atoms with Crippen molar-refractivity contribution in [1.29, 1.82) is 0 Å². The third kappa shape index (κ3) is 4.33. The zero-order valence-electron chi connectivity index (χ0n) is 13.5. The fourth-order valence-corrected chi connectivity index (χ4v) is 3.17. The quantitative estimate of drug-likeness (QED) is 0.909. The molecule has 0 bridgehead atoms. The van der Waals surface area contributed by atoms with Crippen LogP contribution in [0.25, 0.3) is 0 Å². The second-order valence-corrected chi connectivity index (χ2v) is 6.28. The van der Waals surface area contributed by atoms with E-state index in [1.807, 2.05) is 18.7 Å². The Kier molecular flexibility index (Phi) is 5.58. The van der Waals surface area contributed by atoms with Crippen LogP contribution in [-0.4, -0.2) is 34.5 Å². The van der Waals surface area contributed by atoms with Crippen LogP contribution in [0.5, 0.6) is 0 Å². The minimum absolute atomic E-state index is 0.0856. The Labute approximate surface area is 132 Å². The van der Waals surface area contributed by atoms with Crippen LogP contribution in [0.2, 0.25) is 0 Å². The standard InChI is InChI=1S/C18H25NO3/c1-13-6-7-14(2)15(11-13)12-17(20)19-10-4-3-5-16(19)8-9-18(21)22/h6-7,11,16H,3-5,8-10,12H2,1-2H3,(H,21,22). The molecule has 4 nitrogen and oxygen atoms in total. The molecule has 1 aliphatic heterocycles. The number of hydrogen-bond donors (Lipinski definition) is 1. The van der Waals surface area contributed by atoms with Gasteiger partial charge in [0.05, 0.1) is 6.42 Å². The Balaban J connectivity index is 2.05. The minimum Gasteiger partial charge on any atom is -0.481 e. The lowest BCUT2D eigenvalue weighted by molar-refractivity contribution is -0.139. The molecule has 0 aromatic heterocycles. The SMILES string of the molecule is Cc1ccc(C)c(CC(=O)N2CCCCC2CCC(=O)O)c1. The normalized spacial score (nSPS) is 18.3. The number of carboxylic acid groups (broad SMARTS) is 1. The summed E-state index contributed by atoms with van der Waals surface area (Å²) in [5, 5.41) is 8.87. The molecule has 1 saturated heterocycles. The summed E-state index contributed by atoms with van der Waals surface area (Å²) in [6.45, 7) is 4.82. The summed E-state index contributed by atoms with van der Waals surface area (Å²) in [5.41, 5.74) is 3.38. The summed E-state index contributed by atoms with van der Waals surface area (Å²) in [5.74, 6) is -0.656. The molecule has 0 saturated carbocycles. The van der Waals surface area contributed by atoms with Gasteiger partial charge in [0.1, 0.15) is 0 Å². The molecule has 1 N–H and O–H groups in total. The summed E-state index contributed by atoms with van der Waals surface area (Å²) >= 11 is 0. The lowest BCUT2D eigenvalue weighted by atomic mass is 9.96. The fraction of sp³-hybridized carbons (Fsp3) is 0.556. The molecule has 4 heteroatoms. The van der Waals surface area contributed by atoms with Gasteiger partial charge in [-0.1, -0.05) is 23.8 Å². The van der Waals surface area contributed by atoms with Crippen molar-refractivity contribution in [3.8, 4) is 0 Å². The molecule has 120 valence electrons. The van der Waals surface area contributed by atoms with Gasteiger partial charge in [-0.2, -0.15) is 0 Å². The van der Waals surface area contributed by atoms with Gasteiger partial charge in [-0.05, 0) is 50.7 Å². The highest BCUT2D eigenvalue weighted by Crippen LogP contribution is 2.22. The van der Waals surface area contributed by atoms with Gasteiger partial charge < -0.3 is 10.0 Å². The summed E-state index contributed by atoms with van der Waals surface area (Å²) in [4.78, 5) is 25.4. The zero-order valence-corrected chi connectivity index (χ0v) is 13.5. The predicted octanol–water partition coefficient (Wildman–Crippen LogP) is 3.09. The van der Waals surface area contributed by atoms with Crippen LogP contribution < -0.4 is 0 Å². The van der Waals surface area contributed by atoms with Gasteiger partial charge in [0.2, 0.25) is 5.91 Å². The number of piperidine rings is 1. The first-order valence-corrected chi connectivity index (χ1v) is 8.05. The number of hydrogen-bond acceptors (Lipinski definition) is 2. The second kappa shape index (κ2) is 7.43. The van der Waals surface area contributed by atoms with Crippen molar-refractivity contribution in [3.05, 3.63) is 34.9 Å². The maximum absolute atomic E-state index is 12.7. The maximum Gasteiger partial charge on any atom is 0.303 e. The number of aliphatic carboxylic acids is 1. The van der Waals surface area contributed by atoms with E-state index in [0.717, 1.165) is 42.5 Å². The smallest absolute Gasteiger partial charge is 0.303 e. The van der Waals surface area contributed by atoms with Crippen LogP contribution in [0.1, 0.15) is 48.8 Å². The van der Waals surface area contributed by atoms with E-state index in [-0.39, 0.29) is 18.4 Å². The van der Waals surface area contributed by atoms with Crippen LogP contribution >= 0.6 is 0 Å².